The Bertz CT molecular complexity index is 164. The molecule has 0 amide bonds. The van der Waals surface area contributed by atoms with Crippen molar-refractivity contribution in [3.05, 3.63) is 25.6 Å². The first kappa shape index (κ1) is 6.01. The van der Waals surface area contributed by atoms with Gasteiger partial charge in [0.15, 0.2) is 5.75 Å². The van der Waals surface area contributed by atoms with Crippen LogP contribution in [-0.4, -0.2) is 16.6 Å². The van der Waals surface area contributed by atoms with Gasteiger partial charge in [-0.05, 0) is 6.92 Å². The molecule has 0 atom stereocenters. The lowest BCUT2D eigenvalue weighted by atomic mass is 10.6. The van der Waals surface area contributed by atoms with Gasteiger partial charge < -0.3 is 4.74 Å². The third kappa shape index (κ3) is 1.68. The normalized spacial score (nSPS) is 9.00. The molecule has 0 aliphatic carbocycles. The first-order valence-corrected chi connectivity index (χ1v) is 2.60. The molecule has 0 saturated carbocycles. The average Bonchev–Trinajstić information content (AvgIpc) is 1.91. The van der Waals surface area contributed by atoms with E-state index in [0.29, 0.717) is 12.4 Å². The molecule has 0 aliphatic heterocycles. The van der Waals surface area contributed by atoms with E-state index < -0.39 is 0 Å². The summed E-state index contributed by atoms with van der Waals surface area (Å²) >= 11 is 0. The Kier molecular flexibility index (Phi) is 2.01. The molecule has 0 spiro atoms. The van der Waals surface area contributed by atoms with Gasteiger partial charge in [0.25, 0.3) is 0 Å². The lowest BCUT2D eigenvalue weighted by Crippen LogP contribution is -1.92. The summed E-state index contributed by atoms with van der Waals surface area (Å²) in [5.74, 6) is 0.660. The van der Waals surface area contributed by atoms with Crippen LogP contribution in [-0.2, 0) is 0 Å². The van der Waals surface area contributed by atoms with Gasteiger partial charge in [0, 0.05) is 0 Å². The van der Waals surface area contributed by atoms with Gasteiger partial charge in [-0.2, -0.15) is 0 Å². The highest BCUT2D eigenvalue weighted by Gasteiger charge is 1.86. The minimum Gasteiger partial charge on any atom is -0.490 e. The van der Waals surface area contributed by atoms with Crippen LogP contribution < -0.4 is 4.74 Å². The van der Waals surface area contributed by atoms with Gasteiger partial charge in [-0.3, -0.25) is 0 Å². The number of rotatable bonds is 2. The molecule has 9 heavy (non-hydrogen) atoms. The highest BCUT2D eigenvalue weighted by Crippen LogP contribution is 2.02. The molecule has 0 aromatic carbocycles. The number of ether oxygens (including phenoxy) is 1. The summed E-state index contributed by atoms with van der Waals surface area (Å²) in [6, 6.07) is 0. The van der Waals surface area contributed by atoms with Crippen molar-refractivity contribution >= 4 is 0 Å². The van der Waals surface area contributed by atoms with E-state index in [1.54, 1.807) is 12.4 Å². The summed E-state index contributed by atoms with van der Waals surface area (Å²) in [6.45, 7) is 3.91. The Labute approximate surface area is 53.7 Å². The van der Waals surface area contributed by atoms with Gasteiger partial charge in [-0.15, -0.1) is 0 Å². The monoisotopic (exact) mass is 123 g/mol. The predicted octanol–water partition coefficient (Wildman–Crippen LogP) is 0.689. The van der Waals surface area contributed by atoms with Gasteiger partial charge >= 0.3 is 0 Å². The summed E-state index contributed by atoms with van der Waals surface area (Å²) in [4.78, 5) is 7.48. The van der Waals surface area contributed by atoms with Crippen molar-refractivity contribution in [2.45, 2.75) is 0 Å². The van der Waals surface area contributed by atoms with Gasteiger partial charge in [-0.1, -0.05) is 0 Å². The zero-order chi connectivity index (χ0) is 6.53. The standard InChI is InChI=1S/C6H7N2O/c1-2-9-6-3-7-5-8-4-6/h3-5H,1-2H2. The third-order valence-electron chi connectivity index (χ3n) is 0.806. The molecule has 1 rings (SSSR count). The lowest BCUT2D eigenvalue weighted by Gasteiger charge is -1.97. The summed E-state index contributed by atoms with van der Waals surface area (Å²) < 4.78 is 4.97. The smallest absolute Gasteiger partial charge is 0.155 e. The van der Waals surface area contributed by atoms with Crippen molar-refractivity contribution in [1.29, 1.82) is 0 Å². The van der Waals surface area contributed by atoms with Crippen molar-refractivity contribution in [3.63, 3.8) is 0 Å². The number of aromatic nitrogens is 2. The molecular formula is C6H7N2O. The highest BCUT2D eigenvalue weighted by atomic mass is 16.5. The van der Waals surface area contributed by atoms with E-state index in [4.69, 9.17) is 4.74 Å². The van der Waals surface area contributed by atoms with E-state index in [1.165, 1.54) is 6.33 Å². The number of nitrogens with zero attached hydrogens (tertiary/aromatic N) is 2. The molecule has 47 valence electrons. The summed E-state index contributed by atoms with van der Waals surface area (Å²) in [6.07, 6.45) is 4.65. The molecule has 0 fully saturated rings. The van der Waals surface area contributed by atoms with Crippen molar-refractivity contribution in [2.75, 3.05) is 6.61 Å². The summed E-state index contributed by atoms with van der Waals surface area (Å²) in [7, 11) is 0. The van der Waals surface area contributed by atoms with Crippen LogP contribution in [0.2, 0.25) is 0 Å². The molecule has 0 saturated heterocycles. The Morgan fingerprint density at radius 2 is 2.11 bits per heavy atom. The van der Waals surface area contributed by atoms with Crippen LogP contribution in [0, 0.1) is 6.92 Å². The second kappa shape index (κ2) is 3.02. The van der Waals surface area contributed by atoms with Crippen molar-refractivity contribution in [2.24, 2.45) is 0 Å². The molecule has 1 aromatic heterocycles. The molecular weight excluding hydrogens is 116 g/mol. The van der Waals surface area contributed by atoms with Gasteiger partial charge in [-0.25, -0.2) is 9.97 Å². The Morgan fingerprint density at radius 1 is 1.44 bits per heavy atom. The van der Waals surface area contributed by atoms with Crippen LogP contribution in [0.4, 0.5) is 0 Å². The van der Waals surface area contributed by atoms with Crippen LogP contribution in [0.5, 0.6) is 5.75 Å². The molecule has 1 heterocycles. The van der Waals surface area contributed by atoms with E-state index >= 15 is 0 Å². The van der Waals surface area contributed by atoms with Crippen LogP contribution >= 0.6 is 0 Å². The fourth-order valence-electron chi connectivity index (χ4n) is 0.478. The Hall–Kier alpha value is -1.12. The fraction of sp³-hybridized carbons (Fsp3) is 0.167. The molecule has 0 unspecified atom stereocenters. The minimum absolute atomic E-state index is 0.410. The first-order valence-electron chi connectivity index (χ1n) is 2.60. The predicted molar refractivity (Wildman–Crippen MR) is 32.9 cm³/mol. The maximum Gasteiger partial charge on any atom is 0.155 e. The average molecular weight is 123 g/mol. The zero-order valence-corrected chi connectivity index (χ0v) is 4.95. The van der Waals surface area contributed by atoms with Crippen molar-refractivity contribution < 1.29 is 4.74 Å². The van der Waals surface area contributed by atoms with E-state index in [1.807, 2.05) is 0 Å². The quantitative estimate of drug-likeness (QED) is 0.580. The largest absolute Gasteiger partial charge is 0.490 e. The fourth-order valence-corrected chi connectivity index (χ4v) is 0.478. The van der Waals surface area contributed by atoms with Crippen molar-refractivity contribution in [1.82, 2.24) is 9.97 Å². The van der Waals surface area contributed by atoms with Crippen LogP contribution in [0.15, 0.2) is 18.7 Å². The second-order valence-electron chi connectivity index (χ2n) is 1.42. The molecule has 0 N–H and O–H groups in total. The number of hydrogen-bond acceptors (Lipinski definition) is 3. The van der Waals surface area contributed by atoms with Crippen LogP contribution in [0.1, 0.15) is 0 Å². The molecule has 0 aliphatic rings. The second-order valence-corrected chi connectivity index (χ2v) is 1.42. The van der Waals surface area contributed by atoms with E-state index in [2.05, 4.69) is 16.9 Å². The first-order chi connectivity index (χ1) is 4.43. The minimum atomic E-state index is 0.410. The molecule has 3 heteroatoms. The maximum atomic E-state index is 4.97. The van der Waals surface area contributed by atoms with Crippen LogP contribution in [0.3, 0.4) is 0 Å². The van der Waals surface area contributed by atoms with E-state index in [-0.39, 0.29) is 0 Å². The molecule has 0 bridgehead atoms. The Morgan fingerprint density at radius 3 is 2.67 bits per heavy atom. The lowest BCUT2D eigenvalue weighted by molar-refractivity contribution is 0.358. The Balaban J connectivity index is 2.61. The molecule has 1 aromatic rings. The van der Waals surface area contributed by atoms with Crippen LogP contribution in [0.25, 0.3) is 0 Å². The van der Waals surface area contributed by atoms with E-state index in [0.717, 1.165) is 0 Å². The summed E-state index contributed by atoms with van der Waals surface area (Å²) in [5, 5.41) is 0. The third-order valence-corrected chi connectivity index (χ3v) is 0.806. The maximum absolute atomic E-state index is 4.97. The van der Waals surface area contributed by atoms with Gasteiger partial charge in [0.2, 0.25) is 0 Å². The summed E-state index contributed by atoms with van der Waals surface area (Å²) in [5.41, 5.74) is 0. The topological polar surface area (TPSA) is 35.0 Å². The zero-order valence-electron chi connectivity index (χ0n) is 4.95. The number of hydrogen-bond donors (Lipinski definition) is 0. The highest BCUT2D eigenvalue weighted by molar-refractivity contribution is 5.09. The molecule has 3 nitrogen and oxygen atoms in total. The SMILES string of the molecule is [CH2]COc1cncnc1. The van der Waals surface area contributed by atoms with Gasteiger partial charge in [0.05, 0.1) is 19.0 Å². The molecule has 1 radical (unpaired) electrons. The van der Waals surface area contributed by atoms with E-state index in [9.17, 15) is 0 Å². The van der Waals surface area contributed by atoms with Gasteiger partial charge in [0.1, 0.15) is 6.33 Å². The van der Waals surface area contributed by atoms with Crippen molar-refractivity contribution in [3.8, 4) is 5.75 Å².